The molecule has 20 heavy (non-hydrogen) atoms. The fraction of sp³-hybridized carbons (Fsp3) is 0.467. The van der Waals surface area contributed by atoms with Crippen LogP contribution in [0.4, 0.5) is 0 Å². The van der Waals surface area contributed by atoms with E-state index in [1.165, 1.54) is 0 Å². The van der Waals surface area contributed by atoms with Gasteiger partial charge in [-0.2, -0.15) is 0 Å². The van der Waals surface area contributed by atoms with Crippen molar-refractivity contribution in [2.75, 3.05) is 13.6 Å². The van der Waals surface area contributed by atoms with Crippen LogP contribution in [-0.2, 0) is 6.42 Å². The van der Waals surface area contributed by atoms with Crippen molar-refractivity contribution in [1.29, 1.82) is 0 Å². The van der Waals surface area contributed by atoms with Gasteiger partial charge in [0.15, 0.2) is 0 Å². The maximum absolute atomic E-state index is 12.4. The summed E-state index contributed by atoms with van der Waals surface area (Å²) in [5.41, 5.74) is 12.7. The van der Waals surface area contributed by atoms with Gasteiger partial charge in [-0.25, -0.2) is 0 Å². The second-order valence-corrected chi connectivity index (χ2v) is 5.10. The Labute approximate surface area is 119 Å². The molecule has 0 radical (unpaired) electrons. The van der Waals surface area contributed by atoms with Crippen molar-refractivity contribution in [3.63, 3.8) is 0 Å². The Morgan fingerprint density at radius 3 is 2.40 bits per heavy atom. The Balaban J connectivity index is 3.27. The minimum absolute atomic E-state index is 0.106. The zero-order chi connectivity index (χ0) is 15.3. The number of benzene rings is 1. The number of nitrogens with two attached hydrogens (primary N) is 2. The highest BCUT2D eigenvalue weighted by atomic mass is 16.2. The van der Waals surface area contributed by atoms with E-state index in [4.69, 9.17) is 11.5 Å². The van der Waals surface area contributed by atoms with Crippen molar-refractivity contribution in [1.82, 2.24) is 4.90 Å². The standard InChI is InChI=1S/C15H23N3O2/c1-4-8-18(3)15(20)12-7-5-6-11(14(17)19)13(12)9-10(2)16/h5-7,10H,4,8-9,16H2,1-3H3,(H2,17,19). The highest BCUT2D eigenvalue weighted by Gasteiger charge is 2.20. The zero-order valence-corrected chi connectivity index (χ0v) is 12.3. The van der Waals surface area contributed by atoms with Crippen molar-refractivity contribution in [3.05, 3.63) is 34.9 Å². The molecular weight excluding hydrogens is 254 g/mol. The summed E-state index contributed by atoms with van der Waals surface area (Å²) in [7, 11) is 1.75. The smallest absolute Gasteiger partial charge is 0.253 e. The minimum Gasteiger partial charge on any atom is -0.366 e. The highest BCUT2D eigenvalue weighted by Crippen LogP contribution is 2.18. The summed E-state index contributed by atoms with van der Waals surface area (Å²) < 4.78 is 0. The van der Waals surface area contributed by atoms with Gasteiger partial charge in [0.25, 0.3) is 5.91 Å². The normalized spacial score (nSPS) is 12.0. The molecule has 1 aromatic carbocycles. The van der Waals surface area contributed by atoms with E-state index in [-0.39, 0.29) is 11.9 Å². The Morgan fingerprint density at radius 1 is 1.30 bits per heavy atom. The third-order valence-electron chi connectivity index (χ3n) is 3.10. The third kappa shape index (κ3) is 3.81. The lowest BCUT2D eigenvalue weighted by Crippen LogP contribution is -2.30. The van der Waals surface area contributed by atoms with Crippen molar-refractivity contribution in [3.8, 4) is 0 Å². The number of rotatable bonds is 6. The van der Waals surface area contributed by atoms with Gasteiger partial charge >= 0.3 is 0 Å². The summed E-state index contributed by atoms with van der Waals surface area (Å²) in [4.78, 5) is 25.6. The predicted octanol–water partition coefficient (Wildman–Crippen LogP) is 1.16. The average molecular weight is 277 g/mol. The van der Waals surface area contributed by atoms with Gasteiger partial charge in [0, 0.05) is 30.8 Å². The molecule has 5 nitrogen and oxygen atoms in total. The lowest BCUT2D eigenvalue weighted by molar-refractivity contribution is 0.0794. The third-order valence-corrected chi connectivity index (χ3v) is 3.10. The van der Waals surface area contributed by atoms with Crippen LogP contribution in [-0.4, -0.2) is 36.3 Å². The Hall–Kier alpha value is -1.88. The van der Waals surface area contributed by atoms with E-state index < -0.39 is 5.91 Å². The summed E-state index contributed by atoms with van der Waals surface area (Å²) in [6.07, 6.45) is 1.32. The second-order valence-electron chi connectivity index (χ2n) is 5.10. The summed E-state index contributed by atoms with van der Waals surface area (Å²) in [5, 5.41) is 0. The molecule has 1 atom stereocenters. The molecule has 1 rings (SSSR count). The van der Waals surface area contributed by atoms with E-state index >= 15 is 0 Å². The second kappa shape index (κ2) is 7.05. The summed E-state index contributed by atoms with van der Waals surface area (Å²) >= 11 is 0. The Kier molecular flexibility index (Phi) is 5.70. The lowest BCUT2D eigenvalue weighted by Gasteiger charge is -2.20. The van der Waals surface area contributed by atoms with Crippen LogP contribution in [0.25, 0.3) is 0 Å². The molecule has 0 aromatic heterocycles. The number of hydrogen-bond acceptors (Lipinski definition) is 3. The van der Waals surface area contributed by atoms with Crippen molar-refractivity contribution >= 4 is 11.8 Å². The molecule has 0 aliphatic rings. The average Bonchev–Trinajstić information content (AvgIpc) is 2.37. The quantitative estimate of drug-likeness (QED) is 0.817. The van der Waals surface area contributed by atoms with E-state index in [1.807, 2.05) is 13.8 Å². The number of hydrogen-bond donors (Lipinski definition) is 2. The summed E-state index contributed by atoms with van der Waals surface area (Å²) in [6.45, 7) is 4.51. The molecular formula is C15H23N3O2. The fourth-order valence-corrected chi connectivity index (χ4v) is 2.20. The molecule has 4 N–H and O–H groups in total. The number of carbonyl (C=O) groups is 2. The first-order chi connectivity index (χ1) is 9.38. The molecule has 110 valence electrons. The van der Waals surface area contributed by atoms with Crippen molar-refractivity contribution < 1.29 is 9.59 Å². The number of amides is 2. The molecule has 5 heteroatoms. The Morgan fingerprint density at radius 2 is 1.90 bits per heavy atom. The van der Waals surface area contributed by atoms with Gasteiger partial charge in [0.2, 0.25) is 5.91 Å². The first kappa shape index (κ1) is 16.2. The molecule has 1 aromatic rings. The van der Waals surface area contributed by atoms with Gasteiger partial charge in [0.1, 0.15) is 0 Å². The molecule has 0 heterocycles. The lowest BCUT2D eigenvalue weighted by atomic mass is 9.94. The highest BCUT2D eigenvalue weighted by molar-refractivity contribution is 6.01. The topological polar surface area (TPSA) is 89.4 Å². The largest absolute Gasteiger partial charge is 0.366 e. The van der Waals surface area contributed by atoms with Crippen LogP contribution >= 0.6 is 0 Å². The number of carbonyl (C=O) groups excluding carboxylic acids is 2. The maximum Gasteiger partial charge on any atom is 0.253 e. The van der Waals surface area contributed by atoms with E-state index in [0.717, 1.165) is 6.42 Å². The first-order valence-corrected chi connectivity index (χ1v) is 6.81. The molecule has 0 aliphatic carbocycles. The van der Waals surface area contributed by atoms with E-state index in [1.54, 1.807) is 30.1 Å². The van der Waals surface area contributed by atoms with Crippen molar-refractivity contribution in [2.24, 2.45) is 11.5 Å². The number of nitrogens with zero attached hydrogens (tertiary/aromatic N) is 1. The zero-order valence-electron chi connectivity index (χ0n) is 12.3. The molecule has 0 aliphatic heterocycles. The molecule has 1 unspecified atom stereocenters. The summed E-state index contributed by atoms with van der Waals surface area (Å²) in [6, 6.07) is 4.88. The van der Waals surface area contributed by atoms with Gasteiger partial charge < -0.3 is 16.4 Å². The molecule has 0 fully saturated rings. The Bertz CT molecular complexity index is 498. The minimum atomic E-state index is -0.534. The SMILES string of the molecule is CCCN(C)C(=O)c1cccc(C(N)=O)c1CC(C)N. The van der Waals surface area contributed by atoms with E-state index in [2.05, 4.69) is 0 Å². The summed E-state index contributed by atoms with van der Waals surface area (Å²) in [5.74, 6) is -0.640. The fourth-order valence-electron chi connectivity index (χ4n) is 2.20. The van der Waals surface area contributed by atoms with Gasteiger partial charge in [0.05, 0.1) is 0 Å². The van der Waals surface area contributed by atoms with Crippen LogP contribution in [0.5, 0.6) is 0 Å². The van der Waals surface area contributed by atoms with Gasteiger partial charge in [-0.05, 0) is 37.5 Å². The van der Waals surface area contributed by atoms with Crippen LogP contribution in [0, 0.1) is 0 Å². The van der Waals surface area contributed by atoms with Gasteiger partial charge in [-0.15, -0.1) is 0 Å². The van der Waals surface area contributed by atoms with Gasteiger partial charge in [-0.1, -0.05) is 13.0 Å². The van der Waals surface area contributed by atoms with Crippen LogP contribution in [0.2, 0.25) is 0 Å². The molecule has 0 saturated carbocycles. The van der Waals surface area contributed by atoms with Crippen LogP contribution in [0.3, 0.4) is 0 Å². The molecule has 0 saturated heterocycles. The van der Waals surface area contributed by atoms with Crippen molar-refractivity contribution in [2.45, 2.75) is 32.7 Å². The molecule has 0 spiro atoms. The monoisotopic (exact) mass is 277 g/mol. The number of primary amides is 1. The maximum atomic E-state index is 12.4. The van der Waals surface area contributed by atoms with Crippen LogP contribution in [0.1, 0.15) is 46.5 Å². The predicted molar refractivity (Wildman–Crippen MR) is 79.6 cm³/mol. The molecule has 2 amide bonds. The molecule has 0 bridgehead atoms. The van der Waals surface area contributed by atoms with Crippen LogP contribution in [0.15, 0.2) is 18.2 Å². The van der Waals surface area contributed by atoms with Crippen LogP contribution < -0.4 is 11.5 Å². The van der Waals surface area contributed by atoms with E-state index in [9.17, 15) is 9.59 Å². The van der Waals surface area contributed by atoms with Gasteiger partial charge in [-0.3, -0.25) is 9.59 Å². The van der Waals surface area contributed by atoms with E-state index in [0.29, 0.717) is 29.7 Å². The first-order valence-electron chi connectivity index (χ1n) is 6.81.